The van der Waals surface area contributed by atoms with Gasteiger partial charge < -0.3 is 5.73 Å². The van der Waals surface area contributed by atoms with E-state index in [2.05, 4.69) is 15.9 Å². The Kier molecular flexibility index (Phi) is 1.59. The van der Waals surface area contributed by atoms with Crippen molar-refractivity contribution in [2.45, 2.75) is 12.8 Å². The van der Waals surface area contributed by atoms with Crippen LogP contribution < -0.4 is 5.73 Å². The first-order valence-electron chi connectivity index (χ1n) is 2.57. The molecule has 3 heteroatoms. The van der Waals surface area contributed by atoms with Gasteiger partial charge in [0.15, 0.2) is 0 Å². The number of hydrogen-bond donors (Lipinski definition) is 1. The Labute approximate surface area is 62.8 Å². The standard InChI is InChI=1S/C5H8BrNS/c6-3-5(1-2-5)4(7)8/h1-3H2,(H2,7,8). The average molecular weight is 194 g/mol. The molecule has 0 amide bonds. The second-order valence-electron chi connectivity index (χ2n) is 2.28. The molecule has 0 aromatic heterocycles. The van der Waals surface area contributed by atoms with E-state index in [4.69, 9.17) is 18.0 Å². The summed E-state index contributed by atoms with van der Waals surface area (Å²) in [7, 11) is 0. The third-order valence-electron chi connectivity index (χ3n) is 1.63. The molecule has 0 aromatic carbocycles. The van der Waals surface area contributed by atoms with Gasteiger partial charge in [0.2, 0.25) is 0 Å². The predicted molar refractivity (Wildman–Crippen MR) is 42.2 cm³/mol. The number of rotatable bonds is 2. The Bertz CT molecular complexity index is 120. The van der Waals surface area contributed by atoms with Gasteiger partial charge in [-0.15, -0.1) is 0 Å². The first kappa shape index (κ1) is 6.49. The summed E-state index contributed by atoms with van der Waals surface area (Å²) in [6.07, 6.45) is 2.35. The quantitative estimate of drug-likeness (QED) is 0.531. The molecule has 1 fully saturated rings. The summed E-state index contributed by atoms with van der Waals surface area (Å²) in [4.78, 5) is 0.675. The molecule has 8 heavy (non-hydrogen) atoms. The fourth-order valence-corrected chi connectivity index (χ4v) is 1.92. The summed E-state index contributed by atoms with van der Waals surface area (Å²) >= 11 is 8.21. The molecule has 0 heterocycles. The van der Waals surface area contributed by atoms with Crippen molar-refractivity contribution in [1.29, 1.82) is 0 Å². The van der Waals surface area contributed by atoms with Gasteiger partial charge in [0, 0.05) is 10.7 Å². The molecular formula is C5H8BrNS. The van der Waals surface area contributed by atoms with Crippen LogP contribution >= 0.6 is 28.1 Å². The van der Waals surface area contributed by atoms with Crippen LogP contribution in [0, 0.1) is 5.41 Å². The first-order valence-corrected chi connectivity index (χ1v) is 4.10. The number of halogens is 1. The van der Waals surface area contributed by atoms with Gasteiger partial charge in [0.1, 0.15) is 0 Å². The molecule has 1 aliphatic rings. The van der Waals surface area contributed by atoms with E-state index in [1.807, 2.05) is 0 Å². The highest BCUT2D eigenvalue weighted by atomic mass is 79.9. The summed E-state index contributed by atoms with van der Waals surface area (Å²) < 4.78 is 0. The normalized spacial score (nSPS) is 22.6. The third kappa shape index (κ3) is 0.890. The molecule has 1 nitrogen and oxygen atoms in total. The van der Waals surface area contributed by atoms with Crippen LogP contribution in [-0.2, 0) is 0 Å². The lowest BCUT2D eigenvalue weighted by atomic mass is 10.1. The lowest BCUT2D eigenvalue weighted by Gasteiger charge is -2.05. The SMILES string of the molecule is NC(=S)C1(CBr)CC1. The molecule has 0 aliphatic heterocycles. The Balaban J connectivity index is 2.53. The van der Waals surface area contributed by atoms with E-state index in [9.17, 15) is 0 Å². The summed E-state index contributed by atoms with van der Waals surface area (Å²) in [5.41, 5.74) is 5.66. The van der Waals surface area contributed by atoms with Crippen molar-refractivity contribution >= 4 is 33.1 Å². The van der Waals surface area contributed by atoms with E-state index in [0.717, 1.165) is 5.33 Å². The van der Waals surface area contributed by atoms with E-state index >= 15 is 0 Å². The zero-order valence-corrected chi connectivity index (χ0v) is 6.89. The van der Waals surface area contributed by atoms with Gasteiger partial charge in [0.05, 0.1) is 4.99 Å². The van der Waals surface area contributed by atoms with Gasteiger partial charge in [-0.2, -0.15) is 0 Å². The Morgan fingerprint density at radius 3 is 2.25 bits per heavy atom. The van der Waals surface area contributed by atoms with Gasteiger partial charge in [0.25, 0.3) is 0 Å². The molecule has 46 valence electrons. The maximum atomic E-state index is 5.44. The zero-order chi connectivity index (χ0) is 6.20. The second kappa shape index (κ2) is 1.95. The summed E-state index contributed by atoms with van der Waals surface area (Å²) in [6, 6.07) is 0. The van der Waals surface area contributed by atoms with Crippen molar-refractivity contribution < 1.29 is 0 Å². The van der Waals surface area contributed by atoms with Crippen LogP contribution in [0.5, 0.6) is 0 Å². The number of nitrogens with two attached hydrogens (primary N) is 1. The van der Waals surface area contributed by atoms with Crippen molar-refractivity contribution in [3.8, 4) is 0 Å². The van der Waals surface area contributed by atoms with E-state index in [-0.39, 0.29) is 5.41 Å². The maximum absolute atomic E-state index is 5.44. The highest BCUT2D eigenvalue weighted by Gasteiger charge is 2.44. The van der Waals surface area contributed by atoms with E-state index < -0.39 is 0 Å². The molecule has 1 saturated carbocycles. The van der Waals surface area contributed by atoms with Gasteiger partial charge >= 0.3 is 0 Å². The van der Waals surface area contributed by atoms with Crippen LogP contribution in [0.2, 0.25) is 0 Å². The van der Waals surface area contributed by atoms with Crippen LogP contribution in [0.1, 0.15) is 12.8 Å². The van der Waals surface area contributed by atoms with Gasteiger partial charge in [-0.1, -0.05) is 28.1 Å². The summed E-state index contributed by atoms with van der Waals surface area (Å²) in [6.45, 7) is 0. The van der Waals surface area contributed by atoms with Crippen molar-refractivity contribution in [2.75, 3.05) is 5.33 Å². The lowest BCUT2D eigenvalue weighted by Crippen LogP contribution is -2.23. The summed E-state index contributed by atoms with van der Waals surface area (Å²) in [5.74, 6) is 0. The zero-order valence-electron chi connectivity index (χ0n) is 4.48. The third-order valence-corrected chi connectivity index (χ3v) is 3.14. The van der Waals surface area contributed by atoms with Crippen molar-refractivity contribution in [2.24, 2.45) is 11.1 Å². The minimum atomic E-state index is 0.218. The second-order valence-corrected chi connectivity index (χ2v) is 3.28. The predicted octanol–water partition coefficient (Wildman–Crippen LogP) is 1.45. The van der Waals surface area contributed by atoms with E-state index in [0.29, 0.717) is 4.99 Å². The molecule has 0 unspecified atom stereocenters. The summed E-state index contributed by atoms with van der Waals surface area (Å²) in [5, 5.41) is 0.940. The maximum Gasteiger partial charge on any atom is 0.0798 e. The monoisotopic (exact) mass is 193 g/mol. The molecule has 0 saturated heterocycles. The minimum Gasteiger partial charge on any atom is -0.393 e. The molecule has 2 N–H and O–H groups in total. The largest absolute Gasteiger partial charge is 0.393 e. The van der Waals surface area contributed by atoms with Crippen LogP contribution in [0.15, 0.2) is 0 Å². The smallest absolute Gasteiger partial charge is 0.0798 e. The van der Waals surface area contributed by atoms with Gasteiger partial charge in [-0.05, 0) is 12.8 Å². The van der Waals surface area contributed by atoms with Gasteiger partial charge in [-0.3, -0.25) is 0 Å². The molecule has 0 bridgehead atoms. The number of alkyl halides is 1. The van der Waals surface area contributed by atoms with Gasteiger partial charge in [-0.25, -0.2) is 0 Å². The fraction of sp³-hybridized carbons (Fsp3) is 0.800. The average Bonchev–Trinajstić information content (AvgIpc) is 2.44. The van der Waals surface area contributed by atoms with Crippen LogP contribution in [0.3, 0.4) is 0 Å². The molecule has 1 aliphatic carbocycles. The van der Waals surface area contributed by atoms with Crippen LogP contribution in [0.4, 0.5) is 0 Å². The first-order chi connectivity index (χ1) is 3.71. The Morgan fingerprint density at radius 1 is 1.75 bits per heavy atom. The fourth-order valence-electron chi connectivity index (χ4n) is 0.597. The van der Waals surface area contributed by atoms with E-state index in [1.165, 1.54) is 12.8 Å². The molecular weight excluding hydrogens is 186 g/mol. The number of hydrogen-bond acceptors (Lipinski definition) is 1. The van der Waals surface area contributed by atoms with Crippen molar-refractivity contribution in [3.05, 3.63) is 0 Å². The molecule has 1 rings (SSSR count). The molecule has 0 atom stereocenters. The van der Waals surface area contributed by atoms with Crippen molar-refractivity contribution in [3.63, 3.8) is 0 Å². The number of thiocarbonyl (C=S) groups is 1. The molecule has 0 radical (unpaired) electrons. The molecule has 0 spiro atoms. The highest BCUT2D eigenvalue weighted by Crippen LogP contribution is 2.47. The van der Waals surface area contributed by atoms with Crippen molar-refractivity contribution in [1.82, 2.24) is 0 Å². The molecule has 0 aromatic rings. The van der Waals surface area contributed by atoms with E-state index in [1.54, 1.807) is 0 Å². The topological polar surface area (TPSA) is 26.0 Å². The van der Waals surface area contributed by atoms with Crippen LogP contribution in [0.25, 0.3) is 0 Å². The minimum absolute atomic E-state index is 0.218. The highest BCUT2D eigenvalue weighted by molar-refractivity contribution is 9.09. The van der Waals surface area contributed by atoms with Crippen LogP contribution in [-0.4, -0.2) is 10.3 Å². The lowest BCUT2D eigenvalue weighted by molar-refractivity contribution is 0.834. The Hall–Kier alpha value is 0.370. The Morgan fingerprint density at radius 2 is 2.25 bits per heavy atom.